The lowest BCUT2D eigenvalue weighted by atomic mass is 9.98. The molecule has 34 heavy (non-hydrogen) atoms. The van der Waals surface area contributed by atoms with Crippen molar-refractivity contribution in [2.24, 2.45) is 0 Å². The van der Waals surface area contributed by atoms with Gasteiger partial charge in [-0.3, -0.25) is 14.4 Å². The normalized spacial score (nSPS) is 16.1. The van der Waals surface area contributed by atoms with Crippen molar-refractivity contribution in [3.63, 3.8) is 0 Å². The molecule has 5 rings (SSSR count). The van der Waals surface area contributed by atoms with Crippen LogP contribution >= 0.6 is 11.3 Å². The van der Waals surface area contributed by atoms with Gasteiger partial charge in [0.25, 0.3) is 5.91 Å². The fourth-order valence-corrected chi connectivity index (χ4v) is 5.06. The number of hydrogen-bond donors (Lipinski definition) is 2. The van der Waals surface area contributed by atoms with Gasteiger partial charge in [-0.05, 0) is 74.1 Å². The first kappa shape index (κ1) is 22.5. The van der Waals surface area contributed by atoms with Crippen LogP contribution in [0.1, 0.15) is 53.0 Å². The lowest BCUT2D eigenvalue weighted by Crippen LogP contribution is -2.41. The van der Waals surface area contributed by atoms with E-state index in [4.69, 9.17) is 4.98 Å². The zero-order valence-corrected chi connectivity index (χ0v) is 20.2. The Morgan fingerprint density at radius 2 is 1.88 bits per heavy atom. The van der Waals surface area contributed by atoms with E-state index in [-0.39, 0.29) is 30.3 Å². The lowest BCUT2D eigenvalue weighted by molar-refractivity contribution is -0.126. The van der Waals surface area contributed by atoms with Crippen molar-refractivity contribution in [2.45, 2.75) is 45.1 Å². The van der Waals surface area contributed by atoms with Crippen molar-refractivity contribution in [3.8, 4) is 11.1 Å². The van der Waals surface area contributed by atoms with Gasteiger partial charge in [-0.2, -0.15) is 0 Å². The van der Waals surface area contributed by atoms with Crippen LogP contribution in [-0.2, 0) is 9.59 Å². The Balaban J connectivity index is 1.30. The monoisotopic (exact) mass is 476 g/mol. The Hall–Kier alpha value is -3.26. The van der Waals surface area contributed by atoms with Crippen LogP contribution in [0.4, 0.5) is 0 Å². The van der Waals surface area contributed by atoms with Gasteiger partial charge in [-0.1, -0.05) is 12.1 Å². The largest absolute Gasteiger partial charge is 0.352 e. The summed E-state index contributed by atoms with van der Waals surface area (Å²) in [4.78, 5) is 43.4. The molecule has 3 amide bonds. The van der Waals surface area contributed by atoms with E-state index in [9.17, 15) is 14.4 Å². The molecule has 3 aromatic rings. The second kappa shape index (κ2) is 9.18. The molecule has 1 atom stereocenters. The number of thiazole rings is 1. The Bertz CT molecular complexity index is 1260. The number of fused-ring (bicyclic) bond motifs is 1. The van der Waals surface area contributed by atoms with Crippen LogP contribution in [-0.4, -0.2) is 53.3 Å². The molecule has 0 spiro atoms. The van der Waals surface area contributed by atoms with Crippen molar-refractivity contribution < 1.29 is 14.4 Å². The lowest BCUT2D eigenvalue weighted by Gasteiger charge is -2.30. The Labute approximate surface area is 202 Å². The minimum absolute atomic E-state index is 0.00984. The molecule has 7 nitrogen and oxygen atoms in total. The van der Waals surface area contributed by atoms with Crippen molar-refractivity contribution in [1.29, 1.82) is 0 Å². The highest BCUT2D eigenvalue weighted by atomic mass is 32.1. The SMILES string of the molecule is Cc1cc2nc(C(C)C(=O)NCC(=O)NC3CC3)sc2cc1-c1ccc(C(=O)N2CCC2)cc1. The minimum Gasteiger partial charge on any atom is -0.352 e. The quantitative estimate of drug-likeness (QED) is 0.545. The molecule has 0 bridgehead atoms. The standard InChI is InChI=1S/C26H28N4O3S/c1-15-12-21-22(13-20(15)17-4-6-18(7-5-17)26(33)30-10-3-11-30)34-25(29-21)16(2)24(32)27-14-23(31)28-19-8-9-19/h4-7,12-13,16,19H,3,8-11,14H2,1-2H3,(H,27,32)(H,28,31). The number of benzene rings is 2. The molecule has 0 radical (unpaired) electrons. The molecular formula is C26H28N4O3S. The van der Waals surface area contributed by atoms with Gasteiger partial charge in [-0.25, -0.2) is 4.98 Å². The van der Waals surface area contributed by atoms with Gasteiger partial charge in [0.1, 0.15) is 5.01 Å². The third kappa shape index (κ3) is 4.68. The van der Waals surface area contributed by atoms with Gasteiger partial charge >= 0.3 is 0 Å². The fourth-order valence-electron chi connectivity index (χ4n) is 4.03. The van der Waals surface area contributed by atoms with Crippen LogP contribution in [0.15, 0.2) is 36.4 Å². The smallest absolute Gasteiger partial charge is 0.253 e. The summed E-state index contributed by atoms with van der Waals surface area (Å²) in [7, 11) is 0. The number of nitrogens with one attached hydrogen (secondary N) is 2. The van der Waals surface area contributed by atoms with E-state index >= 15 is 0 Å². The van der Waals surface area contributed by atoms with E-state index in [1.54, 1.807) is 0 Å². The first-order valence-corrected chi connectivity index (χ1v) is 12.6. The summed E-state index contributed by atoms with van der Waals surface area (Å²) in [6, 6.07) is 12.2. The minimum atomic E-state index is -0.443. The van der Waals surface area contributed by atoms with Gasteiger partial charge in [0.15, 0.2) is 0 Å². The second-order valence-corrected chi connectivity index (χ2v) is 10.3. The van der Waals surface area contributed by atoms with Crippen LogP contribution in [0.2, 0.25) is 0 Å². The van der Waals surface area contributed by atoms with E-state index in [1.807, 2.05) is 49.1 Å². The molecule has 1 saturated heterocycles. The maximum atomic E-state index is 12.6. The molecule has 2 aromatic carbocycles. The van der Waals surface area contributed by atoms with E-state index < -0.39 is 5.92 Å². The van der Waals surface area contributed by atoms with Gasteiger partial charge < -0.3 is 15.5 Å². The first-order chi connectivity index (χ1) is 16.4. The average Bonchev–Trinajstić information content (AvgIpc) is 3.51. The maximum absolute atomic E-state index is 12.6. The molecule has 1 unspecified atom stereocenters. The highest BCUT2D eigenvalue weighted by Crippen LogP contribution is 2.34. The summed E-state index contributed by atoms with van der Waals surface area (Å²) in [6.45, 7) is 5.53. The molecule has 1 aromatic heterocycles. The summed E-state index contributed by atoms with van der Waals surface area (Å²) >= 11 is 1.50. The highest BCUT2D eigenvalue weighted by Gasteiger charge is 2.25. The van der Waals surface area contributed by atoms with Gasteiger partial charge in [0.05, 0.1) is 22.7 Å². The molecule has 1 saturated carbocycles. The number of aromatic nitrogens is 1. The molecule has 2 fully saturated rings. The average molecular weight is 477 g/mol. The molecule has 8 heteroatoms. The summed E-state index contributed by atoms with van der Waals surface area (Å²) in [5.41, 5.74) is 4.78. The molecule has 2 N–H and O–H groups in total. The summed E-state index contributed by atoms with van der Waals surface area (Å²) < 4.78 is 1.00. The number of amides is 3. The number of nitrogens with zero attached hydrogens (tertiary/aromatic N) is 2. The number of carbonyl (C=O) groups is 3. The third-order valence-corrected chi connectivity index (χ3v) is 7.67. The van der Waals surface area contributed by atoms with Crippen LogP contribution in [0.25, 0.3) is 21.3 Å². The highest BCUT2D eigenvalue weighted by molar-refractivity contribution is 7.18. The molecule has 1 aliphatic carbocycles. The van der Waals surface area contributed by atoms with E-state index in [0.29, 0.717) is 5.56 Å². The van der Waals surface area contributed by atoms with Crippen molar-refractivity contribution >= 4 is 39.3 Å². The number of rotatable bonds is 7. The van der Waals surface area contributed by atoms with Gasteiger partial charge in [0.2, 0.25) is 11.8 Å². The molecule has 176 valence electrons. The molecule has 2 aliphatic rings. The fraction of sp³-hybridized carbons (Fsp3) is 0.385. The third-order valence-electron chi connectivity index (χ3n) is 6.47. The van der Waals surface area contributed by atoms with E-state index in [0.717, 1.165) is 64.3 Å². The van der Waals surface area contributed by atoms with Crippen molar-refractivity contribution in [3.05, 3.63) is 52.5 Å². The summed E-state index contributed by atoms with van der Waals surface area (Å²) in [5, 5.41) is 6.32. The zero-order valence-electron chi connectivity index (χ0n) is 19.4. The Kier molecular flexibility index (Phi) is 6.08. The van der Waals surface area contributed by atoms with E-state index in [1.165, 1.54) is 11.3 Å². The first-order valence-electron chi connectivity index (χ1n) is 11.8. The summed E-state index contributed by atoms with van der Waals surface area (Å²) in [5.74, 6) is -0.703. The zero-order chi connectivity index (χ0) is 23.8. The van der Waals surface area contributed by atoms with E-state index in [2.05, 4.69) is 16.7 Å². The van der Waals surface area contributed by atoms with Crippen LogP contribution in [0, 0.1) is 6.92 Å². The Morgan fingerprint density at radius 1 is 1.15 bits per heavy atom. The van der Waals surface area contributed by atoms with Crippen LogP contribution in [0.3, 0.4) is 0 Å². The number of carbonyl (C=O) groups excluding carboxylic acids is 3. The molecular weight excluding hydrogens is 448 g/mol. The molecule has 1 aliphatic heterocycles. The van der Waals surface area contributed by atoms with Gasteiger partial charge in [-0.15, -0.1) is 11.3 Å². The Morgan fingerprint density at radius 3 is 2.53 bits per heavy atom. The number of hydrogen-bond acceptors (Lipinski definition) is 5. The van der Waals surface area contributed by atoms with Gasteiger partial charge in [0, 0.05) is 24.7 Å². The van der Waals surface area contributed by atoms with Crippen molar-refractivity contribution in [2.75, 3.05) is 19.6 Å². The number of likely N-dealkylation sites (tertiary alicyclic amines) is 1. The molecule has 2 heterocycles. The maximum Gasteiger partial charge on any atom is 0.253 e. The predicted octanol–water partition coefficient (Wildman–Crippen LogP) is 3.62. The van der Waals surface area contributed by atoms with Crippen molar-refractivity contribution in [1.82, 2.24) is 20.5 Å². The number of aryl methyl sites for hydroxylation is 1. The second-order valence-electron chi connectivity index (χ2n) is 9.19. The predicted molar refractivity (Wildman–Crippen MR) is 133 cm³/mol. The van der Waals surface area contributed by atoms with Crippen LogP contribution in [0.5, 0.6) is 0 Å². The topological polar surface area (TPSA) is 91.4 Å². The summed E-state index contributed by atoms with van der Waals surface area (Å²) in [6.07, 6.45) is 3.12. The van der Waals surface area contributed by atoms with Crippen LogP contribution < -0.4 is 10.6 Å².